The first kappa shape index (κ1) is 20.2. The number of fused-ring (bicyclic) bond motifs is 1. The molecule has 1 fully saturated rings. The standard InChI is InChI=1S/C19H19ClN6O.ClH/c1-24-11-23-16-15(9-21)18(25-8-2-3-13(22)10-25)26(17(16)19(24)27)14-6-4-12(20)5-7-14;/h4-7,11,13H,2-3,8,10,22H2,1H3;1H. The molecule has 1 aliphatic heterocycles. The van der Waals surface area contributed by atoms with Gasteiger partial charge < -0.3 is 15.2 Å². The lowest BCUT2D eigenvalue weighted by Gasteiger charge is -2.33. The van der Waals surface area contributed by atoms with Crippen LogP contribution in [0, 0.1) is 11.3 Å². The van der Waals surface area contributed by atoms with E-state index in [2.05, 4.69) is 16.0 Å². The van der Waals surface area contributed by atoms with Crippen LogP contribution in [0.25, 0.3) is 16.7 Å². The summed E-state index contributed by atoms with van der Waals surface area (Å²) in [5, 5.41) is 10.5. The molecule has 0 spiro atoms. The summed E-state index contributed by atoms with van der Waals surface area (Å²) in [6, 6.07) is 9.49. The van der Waals surface area contributed by atoms with Crippen molar-refractivity contribution in [3.05, 3.63) is 51.5 Å². The minimum atomic E-state index is -0.209. The molecule has 2 N–H and O–H groups in total. The lowest BCUT2D eigenvalue weighted by Crippen LogP contribution is -2.43. The predicted octanol–water partition coefficient (Wildman–Crippen LogP) is 2.60. The summed E-state index contributed by atoms with van der Waals surface area (Å²) in [5.74, 6) is 0.667. The number of nitriles is 1. The second-order valence-corrected chi connectivity index (χ2v) is 7.26. The van der Waals surface area contributed by atoms with Gasteiger partial charge in [0.15, 0.2) is 0 Å². The molecule has 3 heterocycles. The first-order chi connectivity index (χ1) is 13.0. The molecule has 1 aliphatic rings. The number of halogens is 2. The van der Waals surface area contributed by atoms with Gasteiger partial charge in [0.2, 0.25) is 0 Å². The molecule has 0 aliphatic carbocycles. The maximum atomic E-state index is 12.9. The van der Waals surface area contributed by atoms with E-state index >= 15 is 0 Å². The first-order valence-electron chi connectivity index (χ1n) is 8.78. The fourth-order valence-corrected chi connectivity index (χ4v) is 3.81. The maximum absolute atomic E-state index is 12.9. The van der Waals surface area contributed by atoms with E-state index in [0.29, 0.717) is 34.0 Å². The van der Waals surface area contributed by atoms with Crippen molar-refractivity contribution in [1.29, 1.82) is 5.26 Å². The topological polar surface area (TPSA) is 92.9 Å². The SMILES string of the molecule is Cl.Cn1cnc2c(C#N)c(N3CCCC(N)C3)n(-c3ccc(Cl)cc3)c2c1=O. The third kappa shape index (κ3) is 3.24. The van der Waals surface area contributed by atoms with Crippen molar-refractivity contribution in [1.82, 2.24) is 14.1 Å². The Kier molecular flexibility index (Phi) is 5.66. The molecule has 1 saturated heterocycles. The van der Waals surface area contributed by atoms with Gasteiger partial charge in [-0.25, -0.2) is 4.98 Å². The summed E-state index contributed by atoms with van der Waals surface area (Å²) in [6.07, 6.45) is 3.32. The van der Waals surface area contributed by atoms with Crippen molar-refractivity contribution in [2.75, 3.05) is 18.0 Å². The van der Waals surface area contributed by atoms with Gasteiger partial charge in [-0.1, -0.05) is 11.6 Å². The highest BCUT2D eigenvalue weighted by atomic mass is 35.5. The van der Waals surface area contributed by atoms with Crippen molar-refractivity contribution < 1.29 is 0 Å². The molecule has 1 aromatic carbocycles. The van der Waals surface area contributed by atoms with E-state index in [1.165, 1.54) is 10.9 Å². The van der Waals surface area contributed by atoms with Crippen LogP contribution in [-0.4, -0.2) is 33.2 Å². The van der Waals surface area contributed by atoms with Crippen LogP contribution < -0.4 is 16.2 Å². The van der Waals surface area contributed by atoms with E-state index in [4.69, 9.17) is 17.3 Å². The molecule has 3 aromatic rings. The van der Waals surface area contributed by atoms with Crippen LogP contribution in [0.15, 0.2) is 35.4 Å². The Morgan fingerprint density at radius 3 is 2.68 bits per heavy atom. The highest BCUT2D eigenvalue weighted by Gasteiger charge is 2.28. The molecule has 7 nitrogen and oxygen atoms in total. The summed E-state index contributed by atoms with van der Waals surface area (Å²) < 4.78 is 3.24. The highest BCUT2D eigenvalue weighted by Crippen LogP contribution is 2.34. The molecule has 4 rings (SSSR count). The Morgan fingerprint density at radius 1 is 1.32 bits per heavy atom. The predicted molar refractivity (Wildman–Crippen MR) is 113 cm³/mol. The quantitative estimate of drug-likeness (QED) is 0.689. The number of piperidine rings is 1. The highest BCUT2D eigenvalue weighted by molar-refractivity contribution is 6.30. The number of benzene rings is 1. The number of rotatable bonds is 2. The van der Waals surface area contributed by atoms with E-state index in [9.17, 15) is 10.1 Å². The van der Waals surface area contributed by atoms with Crippen LogP contribution in [0.4, 0.5) is 5.82 Å². The molecule has 1 atom stereocenters. The van der Waals surface area contributed by atoms with Crippen LogP contribution in [0.2, 0.25) is 5.02 Å². The second kappa shape index (κ2) is 7.84. The summed E-state index contributed by atoms with van der Waals surface area (Å²) in [5.41, 5.74) is 7.91. The van der Waals surface area contributed by atoms with Crippen molar-refractivity contribution >= 4 is 40.9 Å². The largest absolute Gasteiger partial charge is 0.355 e. The van der Waals surface area contributed by atoms with Crippen molar-refractivity contribution in [3.8, 4) is 11.8 Å². The minimum Gasteiger partial charge on any atom is -0.355 e. The van der Waals surface area contributed by atoms with Gasteiger partial charge >= 0.3 is 0 Å². The van der Waals surface area contributed by atoms with Gasteiger partial charge in [-0.05, 0) is 37.1 Å². The third-order valence-electron chi connectivity index (χ3n) is 4.96. The van der Waals surface area contributed by atoms with Crippen molar-refractivity contribution in [2.45, 2.75) is 18.9 Å². The molecule has 2 aromatic heterocycles. The Bertz CT molecular complexity index is 1110. The van der Waals surface area contributed by atoms with Crippen LogP contribution in [0.3, 0.4) is 0 Å². The van der Waals surface area contributed by atoms with Gasteiger partial charge in [0.1, 0.15) is 28.5 Å². The smallest absolute Gasteiger partial charge is 0.278 e. The summed E-state index contributed by atoms with van der Waals surface area (Å²) in [7, 11) is 1.65. The zero-order valence-corrected chi connectivity index (χ0v) is 16.9. The molecule has 0 radical (unpaired) electrons. The zero-order valence-electron chi connectivity index (χ0n) is 15.3. The average Bonchev–Trinajstić information content (AvgIpc) is 3.00. The van der Waals surface area contributed by atoms with E-state index in [1.54, 1.807) is 19.2 Å². The second-order valence-electron chi connectivity index (χ2n) is 6.83. The van der Waals surface area contributed by atoms with Gasteiger partial charge in [-0.15, -0.1) is 12.4 Å². The number of hydrogen-bond donors (Lipinski definition) is 1. The molecule has 9 heteroatoms. The van der Waals surface area contributed by atoms with Crippen LogP contribution in [0.5, 0.6) is 0 Å². The Morgan fingerprint density at radius 2 is 2.04 bits per heavy atom. The van der Waals surface area contributed by atoms with Gasteiger partial charge in [-0.3, -0.25) is 9.36 Å². The van der Waals surface area contributed by atoms with Gasteiger partial charge in [0, 0.05) is 36.9 Å². The first-order valence-corrected chi connectivity index (χ1v) is 9.15. The molecule has 146 valence electrons. The molecule has 0 bridgehead atoms. The van der Waals surface area contributed by atoms with Gasteiger partial charge in [0.25, 0.3) is 5.56 Å². The minimum absolute atomic E-state index is 0. The fraction of sp³-hybridized carbons (Fsp3) is 0.316. The van der Waals surface area contributed by atoms with Crippen LogP contribution in [0.1, 0.15) is 18.4 Å². The number of anilines is 1. The van der Waals surface area contributed by atoms with E-state index in [-0.39, 0.29) is 24.0 Å². The Balaban J connectivity index is 0.00000225. The number of aryl methyl sites for hydroxylation is 1. The summed E-state index contributed by atoms with van der Waals surface area (Å²) in [4.78, 5) is 19.4. The summed E-state index contributed by atoms with van der Waals surface area (Å²) in [6.45, 7) is 1.39. The third-order valence-corrected chi connectivity index (χ3v) is 5.21. The Hall–Kier alpha value is -2.53. The normalized spacial score (nSPS) is 16.6. The number of nitrogens with two attached hydrogens (primary N) is 1. The van der Waals surface area contributed by atoms with E-state index < -0.39 is 0 Å². The maximum Gasteiger partial charge on any atom is 0.278 e. The molecule has 1 unspecified atom stereocenters. The monoisotopic (exact) mass is 418 g/mol. The van der Waals surface area contributed by atoms with Crippen molar-refractivity contribution in [2.24, 2.45) is 12.8 Å². The van der Waals surface area contributed by atoms with Crippen LogP contribution >= 0.6 is 24.0 Å². The molecule has 28 heavy (non-hydrogen) atoms. The van der Waals surface area contributed by atoms with Crippen LogP contribution in [-0.2, 0) is 7.05 Å². The molecule has 0 saturated carbocycles. The Labute approximate surface area is 173 Å². The molecular weight excluding hydrogens is 399 g/mol. The number of aromatic nitrogens is 3. The average molecular weight is 419 g/mol. The number of hydrogen-bond acceptors (Lipinski definition) is 5. The zero-order chi connectivity index (χ0) is 19.1. The molecular formula is C19H20Cl2N6O. The van der Waals surface area contributed by atoms with Gasteiger partial charge in [0.05, 0.1) is 6.33 Å². The van der Waals surface area contributed by atoms with Gasteiger partial charge in [-0.2, -0.15) is 5.26 Å². The lowest BCUT2D eigenvalue weighted by atomic mass is 10.1. The number of nitrogens with zero attached hydrogens (tertiary/aromatic N) is 5. The summed E-state index contributed by atoms with van der Waals surface area (Å²) >= 11 is 6.05. The van der Waals surface area contributed by atoms with Crippen molar-refractivity contribution in [3.63, 3.8) is 0 Å². The molecule has 0 amide bonds. The van der Waals surface area contributed by atoms with E-state index in [1.807, 2.05) is 16.7 Å². The lowest BCUT2D eigenvalue weighted by molar-refractivity contribution is 0.501. The fourth-order valence-electron chi connectivity index (χ4n) is 3.68. The van der Waals surface area contributed by atoms with E-state index in [0.717, 1.165) is 25.1 Å².